The van der Waals surface area contributed by atoms with Crippen LogP contribution in [0.4, 0.5) is 0 Å². The lowest BCUT2D eigenvalue weighted by atomic mass is 9.91. The van der Waals surface area contributed by atoms with Crippen LogP contribution in [-0.2, 0) is 9.53 Å². The van der Waals surface area contributed by atoms with Gasteiger partial charge in [-0.15, -0.1) is 0 Å². The molecule has 2 aliphatic carbocycles. The number of ether oxygens (including phenoxy) is 1. The van der Waals surface area contributed by atoms with Crippen molar-refractivity contribution in [3.8, 4) is 5.75 Å². The van der Waals surface area contributed by atoms with Gasteiger partial charge in [0, 0.05) is 17.8 Å². The predicted octanol–water partition coefficient (Wildman–Crippen LogP) is 1.70. The van der Waals surface area contributed by atoms with E-state index in [-0.39, 0.29) is 17.6 Å². The van der Waals surface area contributed by atoms with Gasteiger partial charge in [0.25, 0.3) is 0 Å². The van der Waals surface area contributed by atoms with Gasteiger partial charge in [-0.3, -0.25) is 0 Å². The zero-order chi connectivity index (χ0) is 16.0. The normalized spacial score (nSPS) is 28.8. The fourth-order valence-corrected chi connectivity index (χ4v) is 4.89. The molecule has 0 amide bonds. The molecule has 116 valence electrons. The van der Waals surface area contributed by atoms with Crippen molar-refractivity contribution in [2.75, 3.05) is 0 Å². The van der Waals surface area contributed by atoms with E-state index in [1.54, 1.807) is 0 Å². The number of benzene rings is 1. The first-order valence-electron chi connectivity index (χ1n) is 6.66. The number of carboxylic acid groups (broad SMARTS) is 1. The van der Waals surface area contributed by atoms with Crippen LogP contribution >= 0.6 is 45.2 Å². The summed E-state index contributed by atoms with van der Waals surface area (Å²) in [4.78, 5) is 23.6. The molecule has 0 spiro atoms. The molecular formula is C15H11I2O5-. The summed E-state index contributed by atoms with van der Waals surface area (Å²) in [6.45, 7) is 0. The first-order chi connectivity index (χ1) is 10.4. The van der Waals surface area contributed by atoms with Crippen LogP contribution in [0.1, 0.15) is 16.8 Å². The Kier molecular flexibility index (Phi) is 4.36. The molecule has 1 saturated carbocycles. The SMILES string of the molecule is O=C(OC1C2C=CC(C2)C1C(=O)[O-])c1cc(I)c(O)c(I)c1. The van der Waals surface area contributed by atoms with Gasteiger partial charge in [0.05, 0.1) is 12.7 Å². The molecule has 0 aliphatic heterocycles. The van der Waals surface area contributed by atoms with E-state index in [4.69, 9.17) is 4.74 Å². The zero-order valence-corrected chi connectivity index (χ0v) is 15.5. The molecule has 0 heterocycles. The third-order valence-corrected chi connectivity index (χ3v) is 5.80. The average molecular weight is 525 g/mol. The Bertz CT molecular complexity index is 662. The lowest BCUT2D eigenvalue weighted by molar-refractivity contribution is -0.314. The molecule has 3 rings (SSSR count). The van der Waals surface area contributed by atoms with Crippen molar-refractivity contribution in [1.82, 2.24) is 0 Å². The highest BCUT2D eigenvalue weighted by Crippen LogP contribution is 2.45. The lowest BCUT2D eigenvalue weighted by Crippen LogP contribution is -2.43. The molecule has 2 aliphatic rings. The van der Waals surface area contributed by atoms with Crippen LogP contribution < -0.4 is 5.11 Å². The smallest absolute Gasteiger partial charge is 0.338 e. The summed E-state index contributed by atoms with van der Waals surface area (Å²) in [5, 5.41) is 21.0. The van der Waals surface area contributed by atoms with Gasteiger partial charge < -0.3 is 19.7 Å². The van der Waals surface area contributed by atoms with Crippen molar-refractivity contribution in [2.45, 2.75) is 12.5 Å². The first kappa shape index (κ1) is 16.0. The molecule has 2 bridgehead atoms. The Labute approximate surface area is 154 Å². The van der Waals surface area contributed by atoms with Crippen LogP contribution in [0.3, 0.4) is 0 Å². The van der Waals surface area contributed by atoms with Gasteiger partial charge in [-0.25, -0.2) is 4.79 Å². The molecule has 5 nitrogen and oxygen atoms in total. The van der Waals surface area contributed by atoms with Crippen LogP contribution in [-0.4, -0.2) is 23.1 Å². The van der Waals surface area contributed by atoms with Crippen molar-refractivity contribution in [3.63, 3.8) is 0 Å². The van der Waals surface area contributed by atoms with E-state index in [2.05, 4.69) is 0 Å². The zero-order valence-electron chi connectivity index (χ0n) is 11.2. The van der Waals surface area contributed by atoms with E-state index < -0.39 is 24.0 Å². The number of phenols is 1. The third kappa shape index (κ3) is 2.72. The molecule has 22 heavy (non-hydrogen) atoms. The van der Waals surface area contributed by atoms with E-state index >= 15 is 0 Å². The number of rotatable bonds is 3. The minimum atomic E-state index is -1.18. The maximum absolute atomic E-state index is 12.3. The van der Waals surface area contributed by atoms with E-state index in [9.17, 15) is 19.8 Å². The van der Waals surface area contributed by atoms with Crippen LogP contribution in [0.15, 0.2) is 24.3 Å². The molecule has 0 radical (unpaired) electrons. The number of allylic oxidation sites excluding steroid dienone is 1. The first-order valence-corrected chi connectivity index (χ1v) is 8.82. The van der Waals surface area contributed by atoms with E-state index in [0.717, 1.165) is 0 Å². The van der Waals surface area contributed by atoms with Crippen molar-refractivity contribution >= 4 is 57.1 Å². The molecule has 0 saturated heterocycles. The summed E-state index contributed by atoms with van der Waals surface area (Å²) in [7, 11) is 0. The van der Waals surface area contributed by atoms with E-state index in [0.29, 0.717) is 19.1 Å². The number of hydrogen-bond acceptors (Lipinski definition) is 5. The quantitative estimate of drug-likeness (QED) is 0.369. The molecule has 1 N–H and O–H groups in total. The topological polar surface area (TPSA) is 86.7 Å². The number of fused-ring (bicyclic) bond motifs is 2. The van der Waals surface area contributed by atoms with Crippen molar-refractivity contribution in [3.05, 3.63) is 37.0 Å². The molecule has 4 unspecified atom stereocenters. The molecule has 1 aromatic carbocycles. The fourth-order valence-electron chi connectivity index (χ4n) is 3.12. The Morgan fingerprint density at radius 1 is 1.18 bits per heavy atom. The largest absolute Gasteiger partial charge is 0.550 e. The molecule has 4 atom stereocenters. The van der Waals surface area contributed by atoms with Crippen molar-refractivity contribution in [1.29, 1.82) is 0 Å². The van der Waals surface area contributed by atoms with Crippen LogP contribution in [0, 0.1) is 24.9 Å². The summed E-state index contributed by atoms with van der Waals surface area (Å²) >= 11 is 3.86. The Morgan fingerprint density at radius 2 is 1.77 bits per heavy atom. The highest BCUT2D eigenvalue weighted by molar-refractivity contribution is 14.1. The molecule has 1 aromatic rings. The minimum absolute atomic E-state index is 0.0629. The second kappa shape index (κ2) is 5.99. The second-order valence-electron chi connectivity index (χ2n) is 5.45. The van der Waals surface area contributed by atoms with Gasteiger partial charge in [0.1, 0.15) is 11.9 Å². The van der Waals surface area contributed by atoms with Crippen LogP contribution in [0.5, 0.6) is 5.75 Å². The van der Waals surface area contributed by atoms with Gasteiger partial charge in [-0.05, 0) is 69.7 Å². The maximum Gasteiger partial charge on any atom is 0.338 e. The number of hydrogen-bond donors (Lipinski definition) is 1. The summed E-state index contributed by atoms with van der Waals surface area (Å²) < 4.78 is 6.54. The third-order valence-electron chi connectivity index (χ3n) is 4.15. The predicted molar refractivity (Wildman–Crippen MR) is 92.0 cm³/mol. The standard InChI is InChI=1S/C15H12I2O5/c16-9-4-8(5-10(17)12(9)18)15(21)22-13-7-2-1-6(3-7)11(13)14(19)20/h1-2,4-7,11,13,18H,3H2,(H,19,20)/p-1. The van der Waals surface area contributed by atoms with Crippen LogP contribution in [0.25, 0.3) is 0 Å². The number of esters is 1. The van der Waals surface area contributed by atoms with Gasteiger partial charge in [-0.1, -0.05) is 12.2 Å². The van der Waals surface area contributed by atoms with Crippen molar-refractivity contribution < 1.29 is 24.5 Å². The number of aliphatic carboxylic acids is 1. The summed E-state index contributed by atoms with van der Waals surface area (Å²) in [6.07, 6.45) is 3.77. The number of phenolic OH excluding ortho intramolecular Hbond substituents is 1. The molecular weight excluding hydrogens is 514 g/mol. The number of carboxylic acids is 1. The lowest BCUT2D eigenvalue weighted by Gasteiger charge is -2.28. The molecule has 7 heteroatoms. The summed E-state index contributed by atoms with van der Waals surface area (Å²) in [5.41, 5.74) is 0.301. The number of carbonyl (C=O) groups is 2. The summed E-state index contributed by atoms with van der Waals surface area (Å²) in [5.74, 6) is -2.60. The number of carbonyl (C=O) groups excluding carboxylic acids is 2. The highest BCUT2D eigenvalue weighted by Gasteiger charge is 2.47. The van der Waals surface area contributed by atoms with Gasteiger partial charge in [-0.2, -0.15) is 0 Å². The van der Waals surface area contributed by atoms with Gasteiger partial charge in [0.2, 0.25) is 0 Å². The number of halogens is 2. The highest BCUT2D eigenvalue weighted by atomic mass is 127. The van der Waals surface area contributed by atoms with E-state index in [1.807, 2.05) is 57.3 Å². The van der Waals surface area contributed by atoms with Crippen LogP contribution in [0.2, 0.25) is 0 Å². The Hall–Kier alpha value is -0.840. The van der Waals surface area contributed by atoms with Crippen molar-refractivity contribution in [2.24, 2.45) is 17.8 Å². The second-order valence-corrected chi connectivity index (χ2v) is 7.78. The number of aromatic hydroxyl groups is 1. The average Bonchev–Trinajstić information content (AvgIpc) is 3.04. The van der Waals surface area contributed by atoms with Gasteiger partial charge in [0.15, 0.2) is 0 Å². The van der Waals surface area contributed by atoms with Gasteiger partial charge >= 0.3 is 5.97 Å². The van der Waals surface area contributed by atoms with E-state index in [1.165, 1.54) is 12.1 Å². The summed E-state index contributed by atoms with van der Waals surface area (Å²) in [6, 6.07) is 3.05. The monoisotopic (exact) mass is 525 g/mol. The molecule has 1 fully saturated rings. The Balaban J connectivity index is 1.82. The maximum atomic E-state index is 12.3. The molecule has 0 aromatic heterocycles. The Morgan fingerprint density at radius 3 is 2.36 bits per heavy atom. The fraction of sp³-hybridized carbons (Fsp3) is 0.333. The minimum Gasteiger partial charge on any atom is -0.550 e.